The number of fused-ring (bicyclic) bond motifs is 1. The van der Waals surface area contributed by atoms with Crippen molar-refractivity contribution in [3.05, 3.63) is 41.1 Å². The van der Waals surface area contributed by atoms with Gasteiger partial charge in [0, 0.05) is 19.1 Å². The van der Waals surface area contributed by atoms with Gasteiger partial charge in [-0.1, -0.05) is 24.3 Å². The summed E-state index contributed by atoms with van der Waals surface area (Å²) in [4.78, 5) is 2.32. The zero-order valence-electron chi connectivity index (χ0n) is 11.7. The van der Waals surface area contributed by atoms with Crippen LogP contribution in [0.4, 0.5) is 11.5 Å². The molecule has 2 N–H and O–H groups in total. The summed E-state index contributed by atoms with van der Waals surface area (Å²) in [6.07, 6.45) is 0. The van der Waals surface area contributed by atoms with Crippen molar-refractivity contribution >= 4 is 11.5 Å². The molecule has 1 aromatic carbocycles. The molecule has 0 fully saturated rings. The lowest BCUT2D eigenvalue weighted by Crippen LogP contribution is -2.21. The van der Waals surface area contributed by atoms with Crippen LogP contribution in [0.1, 0.15) is 36.7 Å². The molecule has 0 radical (unpaired) electrons. The third-order valence-corrected chi connectivity index (χ3v) is 3.73. The number of nitrogens with two attached hydrogens (primary N) is 1. The van der Waals surface area contributed by atoms with E-state index in [0.29, 0.717) is 6.04 Å². The van der Waals surface area contributed by atoms with Crippen LogP contribution in [-0.4, -0.2) is 9.78 Å². The van der Waals surface area contributed by atoms with Crippen LogP contribution in [0, 0.1) is 6.92 Å². The average Bonchev–Trinajstić information content (AvgIpc) is 2.91. The van der Waals surface area contributed by atoms with Gasteiger partial charge in [0.05, 0.1) is 11.4 Å². The van der Waals surface area contributed by atoms with Crippen LogP contribution in [0.25, 0.3) is 0 Å². The molecule has 0 saturated heterocycles. The number of benzene rings is 1. The van der Waals surface area contributed by atoms with E-state index in [-0.39, 0.29) is 0 Å². The Bertz CT molecular complexity index is 588. The first-order chi connectivity index (χ1) is 9.08. The van der Waals surface area contributed by atoms with Crippen molar-refractivity contribution in [2.75, 3.05) is 10.6 Å². The largest absolute Gasteiger partial charge is 0.394 e. The first kappa shape index (κ1) is 12.1. The quantitative estimate of drug-likeness (QED) is 0.898. The molecule has 4 nitrogen and oxygen atoms in total. The van der Waals surface area contributed by atoms with Gasteiger partial charge in [0.15, 0.2) is 5.82 Å². The van der Waals surface area contributed by atoms with E-state index in [4.69, 9.17) is 5.73 Å². The number of aromatic nitrogens is 2. The lowest BCUT2D eigenvalue weighted by molar-refractivity contribution is 0.523. The van der Waals surface area contributed by atoms with Gasteiger partial charge in [0.1, 0.15) is 0 Å². The summed E-state index contributed by atoms with van der Waals surface area (Å²) in [7, 11) is 0. The smallest absolute Gasteiger partial charge is 0.151 e. The zero-order valence-corrected chi connectivity index (χ0v) is 11.7. The van der Waals surface area contributed by atoms with Crippen LogP contribution in [-0.2, 0) is 13.1 Å². The van der Waals surface area contributed by atoms with Crippen LogP contribution in [0.5, 0.6) is 0 Å². The molecule has 1 aliphatic rings. The molecule has 3 rings (SSSR count). The van der Waals surface area contributed by atoms with Gasteiger partial charge in [0.25, 0.3) is 0 Å². The average molecular weight is 256 g/mol. The molecule has 2 aromatic rings. The minimum Gasteiger partial charge on any atom is -0.394 e. The molecule has 100 valence electrons. The predicted molar refractivity (Wildman–Crippen MR) is 78.1 cm³/mol. The molecule has 0 spiro atoms. The first-order valence-corrected chi connectivity index (χ1v) is 6.74. The fourth-order valence-corrected chi connectivity index (χ4v) is 2.71. The minimum absolute atomic E-state index is 0.315. The first-order valence-electron chi connectivity index (χ1n) is 6.74. The van der Waals surface area contributed by atoms with E-state index in [1.807, 2.05) is 11.6 Å². The highest BCUT2D eigenvalue weighted by Crippen LogP contribution is 2.35. The molecule has 0 atom stereocenters. The third kappa shape index (κ3) is 1.87. The Morgan fingerprint density at radius 3 is 2.26 bits per heavy atom. The van der Waals surface area contributed by atoms with Crippen molar-refractivity contribution < 1.29 is 0 Å². The molecule has 2 heterocycles. The fourth-order valence-electron chi connectivity index (χ4n) is 2.71. The Balaban J connectivity index is 2.01. The zero-order chi connectivity index (χ0) is 13.6. The van der Waals surface area contributed by atoms with Gasteiger partial charge >= 0.3 is 0 Å². The van der Waals surface area contributed by atoms with Gasteiger partial charge in [-0.05, 0) is 31.9 Å². The highest BCUT2D eigenvalue weighted by Gasteiger charge is 2.25. The summed E-state index contributed by atoms with van der Waals surface area (Å²) in [5, 5.41) is 4.57. The number of hydrogen-bond donors (Lipinski definition) is 1. The normalized spacial score (nSPS) is 14.2. The van der Waals surface area contributed by atoms with E-state index >= 15 is 0 Å². The maximum absolute atomic E-state index is 6.23. The fraction of sp³-hybridized carbons (Fsp3) is 0.400. The number of hydrogen-bond acceptors (Lipinski definition) is 3. The molecule has 1 aliphatic heterocycles. The van der Waals surface area contributed by atoms with E-state index in [9.17, 15) is 0 Å². The molecule has 0 saturated carbocycles. The van der Waals surface area contributed by atoms with Gasteiger partial charge in [0.2, 0.25) is 0 Å². The van der Waals surface area contributed by atoms with Crippen molar-refractivity contribution in [2.24, 2.45) is 0 Å². The second kappa shape index (κ2) is 4.30. The second-order valence-electron chi connectivity index (χ2n) is 5.49. The van der Waals surface area contributed by atoms with Crippen molar-refractivity contribution in [3.8, 4) is 0 Å². The molecule has 19 heavy (non-hydrogen) atoms. The van der Waals surface area contributed by atoms with Crippen LogP contribution in [0.15, 0.2) is 24.3 Å². The summed E-state index contributed by atoms with van der Waals surface area (Å²) < 4.78 is 2.04. The van der Waals surface area contributed by atoms with Crippen molar-refractivity contribution in [1.82, 2.24) is 9.78 Å². The number of nitrogens with zero attached hydrogens (tertiary/aromatic N) is 3. The summed E-state index contributed by atoms with van der Waals surface area (Å²) in [6.45, 7) is 8.08. The minimum atomic E-state index is 0.315. The topological polar surface area (TPSA) is 47.1 Å². The van der Waals surface area contributed by atoms with Gasteiger partial charge in [-0.3, -0.25) is 0 Å². The molecule has 0 unspecified atom stereocenters. The highest BCUT2D eigenvalue weighted by atomic mass is 15.4. The van der Waals surface area contributed by atoms with Crippen molar-refractivity contribution in [2.45, 2.75) is 39.9 Å². The van der Waals surface area contributed by atoms with E-state index < -0.39 is 0 Å². The molecular formula is C15H20N4. The van der Waals surface area contributed by atoms with Crippen LogP contribution in [0.2, 0.25) is 0 Å². The Morgan fingerprint density at radius 2 is 1.74 bits per heavy atom. The van der Waals surface area contributed by atoms with Crippen molar-refractivity contribution in [3.63, 3.8) is 0 Å². The van der Waals surface area contributed by atoms with E-state index in [2.05, 4.69) is 48.1 Å². The summed E-state index contributed by atoms with van der Waals surface area (Å²) in [5.74, 6) is 1.06. The summed E-state index contributed by atoms with van der Waals surface area (Å²) in [5.41, 5.74) is 10.7. The summed E-state index contributed by atoms with van der Waals surface area (Å²) in [6, 6.07) is 8.88. The Hall–Kier alpha value is -1.97. The molecule has 1 aromatic heterocycles. The van der Waals surface area contributed by atoms with Gasteiger partial charge in [-0.2, -0.15) is 5.10 Å². The second-order valence-corrected chi connectivity index (χ2v) is 5.49. The molecule has 0 aliphatic carbocycles. The molecular weight excluding hydrogens is 236 g/mol. The maximum Gasteiger partial charge on any atom is 0.151 e. The number of aryl methyl sites for hydroxylation is 1. The number of nitrogen functional groups attached to an aromatic ring is 1. The maximum atomic E-state index is 6.23. The van der Waals surface area contributed by atoms with Crippen LogP contribution >= 0.6 is 0 Å². The molecule has 4 heteroatoms. The Morgan fingerprint density at radius 1 is 1.16 bits per heavy atom. The molecule has 0 amide bonds. The number of anilines is 2. The Labute approximate surface area is 113 Å². The standard InChI is InChI=1S/C15H20N4/c1-10(2)19-15(14(16)11(3)17-19)18-8-12-6-4-5-7-13(12)9-18/h4-7,10H,8-9,16H2,1-3H3. The molecule has 0 bridgehead atoms. The predicted octanol–water partition coefficient (Wildman–Crippen LogP) is 2.87. The van der Waals surface area contributed by atoms with E-state index in [1.54, 1.807) is 0 Å². The monoisotopic (exact) mass is 256 g/mol. The SMILES string of the molecule is Cc1nn(C(C)C)c(N2Cc3ccccc3C2)c1N. The highest BCUT2D eigenvalue weighted by molar-refractivity contribution is 5.67. The van der Waals surface area contributed by atoms with Crippen molar-refractivity contribution in [1.29, 1.82) is 0 Å². The van der Waals surface area contributed by atoms with E-state index in [0.717, 1.165) is 30.3 Å². The lowest BCUT2D eigenvalue weighted by Gasteiger charge is -2.21. The number of rotatable bonds is 2. The van der Waals surface area contributed by atoms with Gasteiger partial charge < -0.3 is 10.6 Å². The van der Waals surface area contributed by atoms with Gasteiger partial charge in [-0.25, -0.2) is 4.68 Å². The van der Waals surface area contributed by atoms with E-state index in [1.165, 1.54) is 11.1 Å². The Kier molecular flexibility index (Phi) is 2.73. The lowest BCUT2D eigenvalue weighted by atomic mass is 10.1. The van der Waals surface area contributed by atoms with Crippen LogP contribution in [0.3, 0.4) is 0 Å². The van der Waals surface area contributed by atoms with Crippen LogP contribution < -0.4 is 10.6 Å². The van der Waals surface area contributed by atoms with Gasteiger partial charge in [-0.15, -0.1) is 0 Å². The summed E-state index contributed by atoms with van der Waals surface area (Å²) >= 11 is 0. The third-order valence-electron chi connectivity index (χ3n) is 3.73.